The molecule has 0 unspecified atom stereocenters. The second-order valence-electron chi connectivity index (χ2n) is 12.5. The van der Waals surface area contributed by atoms with E-state index in [9.17, 15) is 0 Å². The third kappa shape index (κ3) is 7.40. The van der Waals surface area contributed by atoms with Crippen molar-refractivity contribution in [2.45, 2.75) is 46.5 Å². The Morgan fingerprint density at radius 3 is 1.86 bits per heavy atom. The van der Waals surface area contributed by atoms with Crippen LogP contribution in [0.3, 0.4) is 0 Å². The number of hydrogen-bond acceptors (Lipinski definition) is 3. The molecule has 0 atom stereocenters. The summed E-state index contributed by atoms with van der Waals surface area (Å²) in [6, 6.07) is 44.4. The third-order valence-electron chi connectivity index (χ3n) is 9.59. The Bertz CT molecular complexity index is 1980. The summed E-state index contributed by atoms with van der Waals surface area (Å²) >= 11 is 12.2. The summed E-state index contributed by atoms with van der Waals surface area (Å²) in [5.74, 6) is 2.32. The van der Waals surface area contributed by atoms with Gasteiger partial charge in [0.25, 0.3) is 5.52 Å². The van der Waals surface area contributed by atoms with E-state index in [4.69, 9.17) is 32.4 Å². The maximum absolute atomic E-state index is 6.12. The van der Waals surface area contributed by atoms with Gasteiger partial charge in [-0.2, -0.15) is 27.3 Å². The minimum absolute atomic E-state index is 0.692. The number of allylic oxidation sites excluding steroid dienone is 2. The van der Waals surface area contributed by atoms with Crippen molar-refractivity contribution in [2.24, 2.45) is 0 Å². The first-order chi connectivity index (χ1) is 24.5. The molecule has 254 valence electrons. The Kier molecular flexibility index (Phi) is 11.5. The minimum atomic E-state index is -0.913. The van der Waals surface area contributed by atoms with E-state index >= 15 is 0 Å². The lowest BCUT2D eigenvalue weighted by molar-refractivity contribution is -0.674. The largest absolute Gasteiger partial charge is 0.439 e. The van der Waals surface area contributed by atoms with E-state index in [2.05, 4.69) is 121 Å². The maximum Gasteiger partial charge on any atom is 0.374 e. The second-order valence-corrected chi connectivity index (χ2v) is 13.4. The highest BCUT2D eigenvalue weighted by molar-refractivity contribution is 7.11. The van der Waals surface area contributed by atoms with Gasteiger partial charge in [0.1, 0.15) is 6.54 Å². The van der Waals surface area contributed by atoms with E-state index in [0.717, 1.165) is 47.4 Å². The SMILES string of the molecule is CCCC[B-](c1ccccc1)(c1ccccc1)c1ccccc1.CCN1/C(=C/C=C/c2oc3ccc(Cl)cc3[n+]2CC)Oc2ccc(Cl)cc21. The molecule has 0 saturated heterocycles. The van der Waals surface area contributed by atoms with Gasteiger partial charge in [-0.15, -0.1) is 0 Å². The summed E-state index contributed by atoms with van der Waals surface area (Å²) in [5.41, 5.74) is 7.09. The van der Waals surface area contributed by atoms with Gasteiger partial charge in [-0.3, -0.25) is 0 Å². The molecule has 6 aromatic rings. The normalized spacial score (nSPS) is 13.4. The number of halogens is 2. The molecule has 1 aliphatic rings. The lowest BCUT2D eigenvalue weighted by atomic mass is 9.14. The Hall–Kier alpha value is -4.71. The smallest absolute Gasteiger partial charge is 0.374 e. The van der Waals surface area contributed by atoms with E-state index in [-0.39, 0.29) is 0 Å². The zero-order valence-electron chi connectivity index (χ0n) is 28.9. The Labute approximate surface area is 306 Å². The molecule has 5 aromatic carbocycles. The van der Waals surface area contributed by atoms with E-state index < -0.39 is 6.15 Å². The highest BCUT2D eigenvalue weighted by atomic mass is 35.5. The molecule has 7 heteroatoms. The molecular formula is C43H43BCl2N2O2. The molecule has 0 saturated carbocycles. The molecule has 7 rings (SSSR count). The highest BCUT2D eigenvalue weighted by Gasteiger charge is 2.29. The number of anilines is 1. The fourth-order valence-corrected chi connectivity index (χ4v) is 7.53. The van der Waals surface area contributed by atoms with Crippen LogP contribution in [-0.2, 0) is 6.54 Å². The lowest BCUT2D eigenvalue weighted by Gasteiger charge is -2.43. The van der Waals surface area contributed by atoms with E-state index in [0.29, 0.717) is 10.0 Å². The van der Waals surface area contributed by atoms with Crippen molar-refractivity contribution in [1.82, 2.24) is 0 Å². The van der Waals surface area contributed by atoms with Crippen LogP contribution >= 0.6 is 23.2 Å². The number of aromatic nitrogens is 1. The summed E-state index contributed by atoms with van der Waals surface area (Å²) in [6.45, 7) is 7.99. The molecule has 1 aromatic heterocycles. The van der Waals surface area contributed by atoms with E-state index in [1.165, 1.54) is 35.6 Å². The highest BCUT2D eigenvalue weighted by Crippen LogP contribution is 2.40. The topological polar surface area (TPSA) is 29.5 Å². The molecule has 50 heavy (non-hydrogen) atoms. The first-order valence-electron chi connectivity index (χ1n) is 17.6. The molecular weight excluding hydrogens is 658 g/mol. The average Bonchev–Trinajstić information content (AvgIpc) is 3.69. The molecule has 1 aliphatic heterocycles. The number of ether oxygens (including phenoxy) is 1. The number of nitrogens with zero attached hydrogens (tertiary/aromatic N) is 2. The second kappa shape index (κ2) is 16.3. The van der Waals surface area contributed by atoms with Crippen LogP contribution < -0.4 is 30.6 Å². The standard InChI is InChI=1S/C22H24B.C21H19Cl2N2O2/c1-2-3-19-23(20-13-7-4-8-14-20,21-15-9-5-10-16-21)22-17-11-6-12-18-22;1-3-24-16-12-14(22)8-10-18(16)26-20(24)6-5-7-21-25(4-2)17-13-15(23)9-11-19(17)27-21/h4-18H,2-3,19H2,1H3;5-13H,3-4H2,1-2H3/q-1;+1. The third-order valence-corrected chi connectivity index (χ3v) is 10.1. The number of fused-ring (bicyclic) bond motifs is 2. The van der Waals surface area contributed by atoms with Crippen molar-refractivity contribution in [2.75, 3.05) is 11.4 Å². The van der Waals surface area contributed by atoms with Gasteiger partial charge in [0, 0.05) is 22.7 Å². The van der Waals surface area contributed by atoms with Crippen molar-refractivity contribution < 1.29 is 13.7 Å². The fourth-order valence-electron chi connectivity index (χ4n) is 7.19. The molecule has 0 fully saturated rings. The predicted molar refractivity (Wildman–Crippen MR) is 213 cm³/mol. The number of hydrogen-bond donors (Lipinski definition) is 0. The van der Waals surface area contributed by atoms with Crippen molar-refractivity contribution >= 4 is 68.6 Å². The van der Waals surface area contributed by atoms with Crippen molar-refractivity contribution in [3.05, 3.63) is 161 Å². The van der Waals surface area contributed by atoms with Gasteiger partial charge >= 0.3 is 5.89 Å². The van der Waals surface area contributed by atoms with Crippen LogP contribution in [0.1, 0.15) is 39.5 Å². The van der Waals surface area contributed by atoms with Gasteiger partial charge in [0.05, 0.1) is 17.9 Å². The quantitative estimate of drug-likeness (QED) is 0.105. The summed E-state index contributed by atoms with van der Waals surface area (Å²) in [5, 5.41) is 1.38. The molecule has 0 aliphatic carbocycles. The van der Waals surface area contributed by atoms with Crippen molar-refractivity contribution in [3.63, 3.8) is 0 Å². The molecule has 0 bridgehead atoms. The van der Waals surface area contributed by atoms with E-state index in [1.54, 1.807) is 0 Å². The Balaban J connectivity index is 0.000000175. The molecule has 0 N–H and O–H groups in total. The Morgan fingerprint density at radius 2 is 1.30 bits per heavy atom. The molecule has 2 heterocycles. The predicted octanol–water partition coefficient (Wildman–Crippen LogP) is 9.78. The monoisotopic (exact) mass is 700 g/mol. The van der Waals surface area contributed by atoms with Gasteiger partial charge in [-0.05, 0) is 56.3 Å². The first-order valence-corrected chi connectivity index (χ1v) is 18.3. The van der Waals surface area contributed by atoms with Crippen LogP contribution in [0.5, 0.6) is 5.75 Å². The van der Waals surface area contributed by atoms with Crippen molar-refractivity contribution in [3.8, 4) is 5.75 Å². The van der Waals surface area contributed by atoms with Crippen LogP contribution in [0.15, 0.2) is 150 Å². The Morgan fingerprint density at radius 1 is 0.720 bits per heavy atom. The van der Waals surface area contributed by atoms with Gasteiger partial charge in [0.2, 0.25) is 11.5 Å². The summed E-state index contributed by atoms with van der Waals surface area (Å²) in [4.78, 5) is 2.08. The number of rotatable bonds is 10. The average molecular weight is 702 g/mol. The van der Waals surface area contributed by atoms with Crippen LogP contribution in [0.25, 0.3) is 17.2 Å². The number of unbranched alkanes of at least 4 members (excludes halogenated alkanes) is 1. The van der Waals surface area contributed by atoms with Crippen LogP contribution in [0.2, 0.25) is 16.4 Å². The van der Waals surface area contributed by atoms with Crippen LogP contribution in [0, 0.1) is 0 Å². The maximum atomic E-state index is 6.12. The van der Waals surface area contributed by atoms with E-state index in [1.807, 2.05) is 54.6 Å². The van der Waals surface area contributed by atoms with Gasteiger partial charge < -0.3 is 14.1 Å². The van der Waals surface area contributed by atoms with Gasteiger partial charge in [-0.25, -0.2) is 0 Å². The van der Waals surface area contributed by atoms with Crippen LogP contribution in [-0.4, -0.2) is 12.7 Å². The first kappa shape index (κ1) is 35.1. The molecule has 0 amide bonds. The lowest BCUT2D eigenvalue weighted by Crippen LogP contribution is -2.66. The number of oxazole rings is 1. The van der Waals surface area contributed by atoms with Crippen LogP contribution in [0.4, 0.5) is 5.69 Å². The summed E-state index contributed by atoms with van der Waals surface area (Å²) in [7, 11) is 0. The van der Waals surface area contributed by atoms with Gasteiger partial charge in [-0.1, -0.05) is 134 Å². The molecule has 0 spiro atoms. The number of aryl methyl sites for hydroxylation is 1. The molecule has 0 radical (unpaired) electrons. The summed E-state index contributed by atoms with van der Waals surface area (Å²) in [6.07, 6.45) is 8.51. The fraction of sp³-hybridized carbons (Fsp3) is 0.186. The van der Waals surface area contributed by atoms with Crippen molar-refractivity contribution in [1.29, 1.82) is 0 Å². The summed E-state index contributed by atoms with van der Waals surface area (Å²) < 4.78 is 14.0. The zero-order valence-corrected chi connectivity index (χ0v) is 30.4. The molecule has 4 nitrogen and oxygen atoms in total. The number of benzene rings is 5. The van der Waals surface area contributed by atoms with Gasteiger partial charge in [0.15, 0.2) is 5.75 Å². The minimum Gasteiger partial charge on any atom is -0.439 e. The zero-order chi connectivity index (χ0) is 34.9.